The van der Waals surface area contributed by atoms with Crippen molar-refractivity contribution >= 4 is 28.8 Å². The number of nitrogens with zero attached hydrogens (tertiary/aromatic N) is 6. The minimum absolute atomic E-state index is 0.0619. The first-order valence-corrected chi connectivity index (χ1v) is 9.37. The lowest BCUT2D eigenvalue weighted by Crippen LogP contribution is -2.09. The molecule has 0 fully saturated rings. The summed E-state index contributed by atoms with van der Waals surface area (Å²) in [4.78, 5) is 14.9. The van der Waals surface area contributed by atoms with E-state index in [1.165, 1.54) is 17.1 Å². The molecule has 0 unspecified atom stereocenters. The van der Waals surface area contributed by atoms with E-state index in [1.807, 2.05) is 24.3 Å². The highest BCUT2D eigenvalue weighted by atomic mass is 35.5. The number of rotatable bonds is 6. The van der Waals surface area contributed by atoms with E-state index >= 15 is 0 Å². The number of halogens is 1. The zero-order valence-electron chi connectivity index (χ0n) is 15.8. The molecular weight excluding hydrogens is 394 g/mol. The molecule has 9 nitrogen and oxygen atoms in total. The smallest absolute Gasteiger partial charge is 0.307 e. The molecule has 0 aliphatic rings. The van der Waals surface area contributed by atoms with Crippen LogP contribution in [-0.4, -0.2) is 29.3 Å². The molecule has 0 atom stereocenters. The van der Waals surface area contributed by atoms with Crippen molar-refractivity contribution in [3.05, 3.63) is 75.3 Å². The summed E-state index contributed by atoms with van der Waals surface area (Å²) in [6, 6.07) is 9.26. The maximum atomic E-state index is 11.0. The van der Waals surface area contributed by atoms with Gasteiger partial charge in [-0.25, -0.2) is 9.67 Å². The van der Waals surface area contributed by atoms with Gasteiger partial charge in [0.05, 0.1) is 16.8 Å². The van der Waals surface area contributed by atoms with Crippen molar-refractivity contribution in [2.45, 2.75) is 26.3 Å². The summed E-state index contributed by atoms with van der Waals surface area (Å²) in [6.07, 6.45) is 4.42. The number of hydrogen-bond acceptors (Lipinski definition) is 6. The van der Waals surface area contributed by atoms with Crippen LogP contribution < -0.4 is 5.32 Å². The van der Waals surface area contributed by atoms with Crippen molar-refractivity contribution in [3.8, 4) is 5.69 Å². The van der Waals surface area contributed by atoms with E-state index in [4.69, 9.17) is 11.6 Å². The van der Waals surface area contributed by atoms with Crippen LogP contribution in [0.1, 0.15) is 30.9 Å². The number of benzene rings is 1. The highest BCUT2D eigenvalue weighted by Crippen LogP contribution is 2.25. The van der Waals surface area contributed by atoms with Crippen LogP contribution in [0.25, 0.3) is 11.3 Å². The minimum atomic E-state index is -0.468. The molecule has 0 spiro atoms. The Morgan fingerprint density at radius 2 is 2.03 bits per heavy atom. The van der Waals surface area contributed by atoms with Gasteiger partial charge >= 0.3 is 5.69 Å². The number of anilines is 1. The summed E-state index contributed by atoms with van der Waals surface area (Å²) in [7, 11) is 0. The van der Waals surface area contributed by atoms with Crippen molar-refractivity contribution < 1.29 is 4.92 Å². The number of hydrogen-bond donors (Lipinski definition) is 1. The molecule has 10 heteroatoms. The number of fused-ring (bicyclic) bond motifs is 1. The lowest BCUT2D eigenvalue weighted by molar-refractivity contribution is -0.384. The van der Waals surface area contributed by atoms with Gasteiger partial charge in [0.1, 0.15) is 23.4 Å². The van der Waals surface area contributed by atoms with Gasteiger partial charge in [0.25, 0.3) is 0 Å². The van der Waals surface area contributed by atoms with E-state index in [9.17, 15) is 10.1 Å². The maximum absolute atomic E-state index is 11.0. The van der Waals surface area contributed by atoms with Crippen molar-refractivity contribution in [3.63, 3.8) is 0 Å². The second kappa shape index (κ2) is 7.51. The number of aromatic nitrogens is 5. The summed E-state index contributed by atoms with van der Waals surface area (Å²) in [5.74, 6) is 0.968. The molecule has 4 aromatic rings. The van der Waals surface area contributed by atoms with E-state index in [-0.39, 0.29) is 11.6 Å². The Morgan fingerprint density at radius 3 is 2.76 bits per heavy atom. The van der Waals surface area contributed by atoms with E-state index < -0.39 is 4.92 Å². The molecule has 29 heavy (non-hydrogen) atoms. The molecule has 0 aliphatic carbocycles. The van der Waals surface area contributed by atoms with Gasteiger partial charge in [-0.15, -0.1) is 0 Å². The second-order valence-electron chi connectivity index (χ2n) is 6.84. The zero-order chi connectivity index (χ0) is 20.5. The third kappa shape index (κ3) is 3.64. The van der Waals surface area contributed by atoms with Crippen LogP contribution in [0.4, 0.5) is 11.5 Å². The van der Waals surface area contributed by atoms with Gasteiger partial charge in [0, 0.05) is 18.2 Å². The van der Waals surface area contributed by atoms with Gasteiger partial charge < -0.3 is 5.32 Å². The molecule has 1 N–H and O–H groups in total. The van der Waals surface area contributed by atoms with Crippen LogP contribution in [0, 0.1) is 10.1 Å². The molecule has 0 saturated carbocycles. The minimum Gasteiger partial charge on any atom is -0.366 e. The molecule has 4 rings (SSSR count). The Bertz CT molecular complexity index is 1200. The Kier molecular flexibility index (Phi) is 4.89. The van der Waals surface area contributed by atoms with Crippen molar-refractivity contribution in [1.82, 2.24) is 24.4 Å². The van der Waals surface area contributed by atoms with Crippen LogP contribution >= 0.6 is 11.6 Å². The Hall–Kier alpha value is -3.46. The van der Waals surface area contributed by atoms with Crippen LogP contribution in [0.5, 0.6) is 0 Å². The SMILES string of the molecule is CC(C)c1cnn2c(NCc3ccccc3-n3cc([N+](=O)[O-])cn3)cc(Cl)nc12. The van der Waals surface area contributed by atoms with Crippen LogP contribution in [0.2, 0.25) is 5.15 Å². The van der Waals surface area contributed by atoms with Gasteiger partial charge in [-0.3, -0.25) is 10.1 Å². The summed E-state index contributed by atoms with van der Waals surface area (Å²) < 4.78 is 3.22. The molecule has 0 bridgehead atoms. The van der Waals surface area contributed by atoms with Gasteiger partial charge in [-0.1, -0.05) is 43.6 Å². The molecule has 148 valence electrons. The third-order valence-corrected chi connectivity index (χ3v) is 4.76. The molecule has 3 heterocycles. The maximum Gasteiger partial charge on any atom is 0.307 e. The first-order chi connectivity index (χ1) is 13.9. The molecule has 3 aromatic heterocycles. The standard InChI is InChI=1S/C19H18ClN7O2/c1-12(2)15-10-23-26-18(7-17(20)24-19(15)26)21-8-13-5-3-4-6-16(13)25-11-14(9-22-25)27(28)29/h3-7,9-12,21H,8H2,1-2H3. The molecule has 0 saturated heterocycles. The van der Waals surface area contributed by atoms with Gasteiger partial charge in [-0.05, 0) is 17.5 Å². The van der Waals surface area contributed by atoms with E-state index in [1.54, 1.807) is 16.8 Å². The second-order valence-corrected chi connectivity index (χ2v) is 7.22. The Morgan fingerprint density at radius 1 is 1.24 bits per heavy atom. The predicted molar refractivity (Wildman–Crippen MR) is 110 cm³/mol. The summed E-state index contributed by atoms with van der Waals surface area (Å²) in [5, 5.41) is 23.2. The fraction of sp³-hybridized carbons (Fsp3) is 0.211. The lowest BCUT2D eigenvalue weighted by atomic mass is 10.1. The lowest BCUT2D eigenvalue weighted by Gasteiger charge is -2.13. The van der Waals surface area contributed by atoms with Crippen LogP contribution in [-0.2, 0) is 6.54 Å². The summed E-state index contributed by atoms with van der Waals surface area (Å²) in [5.41, 5.74) is 3.31. The predicted octanol–water partition coefficient (Wildman–Crippen LogP) is 4.21. The van der Waals surface area contributed by atoms with Crippen LogP contribution in [0.15, 0.2) is 48.9 Å². The summed E-state index contributed by atoms with van der Waals surface area (Å²) in [6.45, 7) is 4.59. The first kappa shape index (κ1) is 18.9. The average molecular weight is 412 g/mol. The van der Waals surface area contributed by atoms with E-state index in [0.717, 1.165) is 16.8 Å². The third-order valence-electron chi connectivity index (χ3n) is 4.57. The van der Waals surface area contributed by atoms with Crippen LogP contribution in [0.3, 0.4) is 0 Å². The molecule has 0 radical (unpaired) electrons. The van der Waals surface area contributed by atoms with Crippen molar-refractivity contribution in [2.24, 2.45) is 0 Å². The zero-order valence-corrected chi connectivity index (χ0v) is 16.5. The van der Waals surface area contributed by atoms with Gasteiger partial charge in [0.2, 0.25) is 0 Å². The normalized spacial score (nSPS) is 11.3. The van der Waals surface area contributed by atoms with E-state index in [0.29, 0.717) is 23.2 Å². The quantitative estimate of drug-likeness (QED) is 0.289. The average Bonchev–Trinajstić information content (AvgIpc) is 3.33. The van der Waals surface area contributed by atoms with Gasteiger partial charge in [0.15, 0.2) is 5.65 Å². The molecule has 1 aromatic carbocycles. The van der Waals surface area contributed by atoms with Crippen molar-refractivity contribution in [1.29, 1.82) is 0 Å². The molecular formula is C19H18ClN7O2. The topological polar surface area (TPSA) is 103 Å². The number of nitrogens with one attached hydrogen (secondary N) is 1. The summed E-state index contributed by atoms with van der Waals surface area (Å²) >= 11 is 6.23. The highest BCUT2D eigenvalue weighted by molar-refractivity contribution is 6.29. The fourth-order valence-corrected chi connectivity index (χ4v) is 3.28. The van der Waals surface area contributed by atoms with Crippen molar-refractivity contribution in [2.75, 3.05) is 5.32 Å². The molecule has 0 amide bonds. The Labute approximate surface area is 171 Å². The number of nitro groups is 1. The molecule has 0 aliphatic heterocycles. The fourth-order valence-electron chi connectivity index (χ4n) is 3.09. The largest absolute Gasteiger partial charge is 0.366 e. The highest BCUT2D eigenvalue weighted by Gasteiger charge is 2.15. The number of para-hydroxylation sites is 1. The monoisotopic (exact) mass is 411 g/mol. The van der Waals surface area contributed by atoms with Gasteiger partial charge in [-0.2, -0.15) is 14.7 Å². The van der Waals surface area contributed by atoms with E-state index in [2.05, 4.69) is 34.3 Å². The first-order valence-electron chi connectivity index (χ1n) is 8.99. The Balaban J connectivity index is 1.66.